The minimum Gasteiger partial charge on any atom is -0.396 e. The zero-order valence-electron chi connectivity index (χ0n) is 25.8. The van der Waals surface area contributed by atoms with Crippen LogP contribution in [-0.2, 0) is 41.6 Å². The van der Waals surface area contributed by atoms with Crippen LogP contribution in [0.25, 0.3) is 0 Å². The summed E-state index contributed by atoms with van der Waals surface area (Å²) >= 11 is 0. The van der Waals surface area contributed by atoms with Gasteiger partial charge in [-0.2, -0.15) is 0 Å². The van der Waals surface area contributed by atoms with E-state index in [1.807, 2.05) is 0 Å². The number of carbonyl (C=O) groups is 6. The smallest absolute Gasteiger partial charge is 0.245 e. The Hall–Kier alpha value is -4.82. The van der Waals surface area contributed by atoms with Crippen molar-refractivity contribution in [2.24, 2.45) is 5.92 Å². The van der Waals surface area contributed by atoms with E-state index in [-0.39, 0.29) is 25.9 Å². The Bertz CT molecular complexity index is 1360. The summed E-state index contributed by atoms with van der Waals surface area (Å²) < 4.78 is 0. The molecule has 3 rings (SSSR count). The molecule has 2 aromatic carbocycles. The van der Waals surface area contributed by atoms with E-state index in [4.69, 9.17) is 0 Å². The molecule has 0 radical (unpaired) electrons. The fraction of sp³-hybridized carbons (Fsp3) is 0.438. The van der Waals surface area contributed by atoms with E-state index in [9.17, 15) is 39.0 Å². The molecule has 1 aliphatic heterocycles. The van der Waals surface area contributed by atoms with Gasteiger partial charge in [-0.25, -0.2) is 0 Å². The van der Waals surface area contributed by atoms with E-state index in [2.05, 4.69) is 31.9 Å². The van der Waals surface area contributed by atoms with Gasteiger partial charge in [-0.05, 0) is 30.4 Å². The maximum atomic E-state index is 13.9. The van der Waals surface area contributed by atoms with Crippen molar-refractivity contribution in [1.29, 1.82) is 0 Å². The molecule has 6 amide bonds. The number of rotatable bonds is 8. The largest absolute Gasteiger partial charge is 0.396 e. The van der Waals surface area contributed by atoms with Crippen molar-refractivity contribution in [2.75, 3.05) is 19.8 Å². The van der Waals surface area contributed by atoms with Gasteiger partial charge < -0.3 is 42.1 Å². The third-order valence-electron chi connectivity index (χ3n) is 7.57. The molecule has 0 bridgehead atoms. The quantitative estimate of drug-likeness (QED) is 0.162. The van der Waals surface area contributed by atoms with Crippen LogP contribution in [-0.4, -0.2) is 95.6 Å². The average molecular weight is 639 g/mol. The van der Waals surface area contributed by atoms with Crippen LogP contribution in [0.2, 0.25) is 0 Å². The summed E-state index contributed by atoms with van der Waals surface area (Å²) in [4.78, 5) is 79.4. The highest BCUT2D eigenvalue weighted by Gasteiger charge is 2.34. The highest BCUT2D eigenvalue weighted by Crippen LogP contribution is 2.12. The predicted octanol–water partition coefficient (Wildman–Crippen LogP) is -1.94. The monoisotopic (exact) mass is 638 g/mol. The molecule has 1 saturated heterocycles. The van der Waals surface area contributed by atoms with E-state index >= 15 is 0 Å². The first-order valence-corrected chi connectivity index (χ1v) is 15.1. The van der Waals surface area contributed by atoms with Crippen LogP contribution in [0.4, 0.5) is 0 Å². The van der Waals surface area contributed by atoms with Gasteiger partial charge in [-0.3, -0.25) is 28.8 Å². The lowest BCUT2D eigenvalue weighted by Crippen LogP contribution is -2.61. The molecule has 2 aromatic rings. The lowest BCUT2D eigenvalue weighted by molar-refractivity contribution is -0.136. The van der Waals surface area contributed by atoms with Crippen molar-refractivity contribution >= 4 is 35.4 Å². The van der Waals surface area contributed by atoms with E-state index in [0.717, 1.165) is 5.56 Å². The van der Waals surface area contributed by atoms with Crippen LogP contribution >= 0.6 is 0 Å². The molecule has 0 spiro atoms. The number of carbonyl (C=O) groups excluding carboxylic acids is 6. The van der Waals surface area contributed by atoms with Crippen LogP contribution in [0.5, 0.6) is 0 Å². The fourth-order valence-corrected chi connectivity index (χ4v) is 4.88. The van der Waals surface area contributed by atoms with Gasteiger partial charge in [0.05, 0.1) is 13.2 Å². The fourth-order valence-electron chi connectivity index (χ4n) is 4.88. The number of nitrogens with one attached hydrogen (secondary N) is 6. The van der Waals surface area contributed by atoms with Gasteiger partial charge in [-0.1, -0.05) is 67.6 Å². The molecule has 0 aliphatic carbocycles. The molecule has 248 valence electrons. The second kappa shape index (κ2) is 17.6. The minimum atomic E-state index is -1.47. The summed E-state index contributed by atoms with van der Waals surface area (Å²) in [6.07, 6.45) is 0.199. The van der Waals surface area contributed by atoms with Crippen LogP contribution in [0.15, 0.2) is 60.7 Å². The number of hydrogen-bond acceptors (Lipinski definition) is 8. The van der Waals surface area contributed by atoms with Gasteiger partial charge in [0.25, 0.3) is 0 Å². The number of hydrogen-bond donors (Lipinski definition) is 8. The van der Waals surface area contributed by atoms with Gasteiger partial charge in [0.15, 0.2) is 0 Å². The predicted molar refractivity (Wildman–Crippen MR) is 167 cm³/mol. The topological polar surface area (TPSA) is 215 Å². The summed E-state index contributed by atoms with van der Waals surface area (Å²) in [7, 11) is 0. The van der Waals surface area contributed by atoms with Gasteiger partial charge in [0, 0.05) is 19.4 Å². The molecule has 46 heavy (non-hydrogen) atoms. The Kier molecular flexibility index (Phi) is 13.7. The van der Waals surface area contributed by atoms with Gasteiger partial charge in [0.1, 0.15) is 30.2 Å². The van der Waals surface area contributed by atoms with Gasteiger partial charge in [0.2, 0.25) is 35.4 Å². The Morgan fingerprint density at radius 2 is 1.15 bits per heavy atom. The second-order valence-electron chi connectivity index (χ2n) is 11.2. The lowest BCUT2D eigenvalue weighted by Gasteiger charge is -2.29. The van der Waals surface area contributed by atoms with Crippen LogP contribution in [0.3, 0.4) is 0 Å². The first-order valence-electron chi connectivity index (χ1n) is 15.1. The van der Waals surface area contributed by atoms with E-state index in [0.29, 0.717) is 5.56 Å². The summed E-state index contributed by atoms with van der Waals surface area (Å²) in [6, 6.07) is 11.5. The van der Waals surface area contributed by atoms with E-state index < -0.39 is 84.7 Å². The number of benzene rings is 2. The highest BCUT2D eigenvalue weighted by molar-refractivity contribution is 5.97. The second-order valence-corrected chi connectivity index (χ2v) is 11.2. The first-order chi connectivity index (χ1) is 22.0. The van der Waals surface area contributed by atoms with Crippen LogP contribution < -0.4 is 31.9 Å². The molecule has 6 unspecified atom stereocenters. The first kappa shape index (κ1) is 35.7. The van der Waals surface area contributed by atoms with Crippen molar-refractivity contribution in [2.45, 2.75) is 63.3 Å². The molecule has 14 heteroatoms. The van der Waals surface area contributed by atoms with Crippen molar-refractivity contribution < 1.29 is 39.0 Å². The summed E-state index contributed by atoms with van der Waals surface area (Å²) in [5.41, 5.74) is 1.42. The molecule has 1 heterocycles. The maximum Gasteiger partial charge on any atom is 0.245 e. The van der Waals surface area contributed by atoms with Crippen molar-refractivity contribution in [3.05, 3.63) is 71.8 Å². The molecular formula is C32H42N6O8. The van der Waals surface area contributed by atoms with E-state index in [1.54, 1.807) is 67.6 Å². The SMILES string of the molecule is CC1NC(=O)C(Cc2ccccc2)NC(=O)C(Cc2ccccc2)NC(=O)C(C(C)CCO)NC(=O)C(CO)NC(=O)CNC1=O. The molecule has 0 saturated carbocycles. The van der Waals surface area contributed by atoms with Crippen LogP contribution in [0, 0.1) is 5.92 Å². The zero-order valence-corrected chi connectivity index (χ0v) is 25.8. The highest BCUT2D eigenvalue weighted by atomic mass is 16.3. The maximum absolute atomic E-state index is 13.9. The Labute approximate surface area is 267 Å². The third kappa shape index (κ3) is 10.7. The number of aliphatic hydroxyl groups excluding tert-OH is 2. The summed E-state index contributed by atoms with van der Waals surface area (Å²) in [5.74, 6) is -5.13. The molecule has 1 fully saturated rings. The standard InChI is InChI=1S/C32H42N6O8/c1-19(13-14-39)27-32(46)37-24(16-22-11-7-4-8-12-22)30(44)36-23(15-21-9-5-3-6-10-21)29(43)34-20(2)28(42)33-17-26(41)35-25(18-40)31(45)38-27/h3-12,19-20,23-25,27,39-40H,13-18H2,1-2H3,(H,33,42)(H,34,43)(H,35,41)(H,36,44)(H,37,46)(H,38,45). The third-order valence-corrected chi connectivity index (χ3v) is 7.57. The van der Waals surface area contributed by atoms with Crippen molar-refractivity contribution in [3.8, 4) is 0 Å². The van der Waals surface area contributed by atoms with Gasteiger partial charge in [-0.15, -0.1) is 0 Å². The molecule has 8 N–H and O–H groups in total. The molecule has 6 atom stereocenters. The number of amides is 6. The lowest BCUT2D eigenvalue weighted by atomic mass is 9.96. The summed E-state index contributed by atoms with van der Waals surface area (Å²) in [5, 5.41) is 34.6. The molecule has 1 aliphatic rings. The van der Waals surface area contributed by atoms with Gasteiger partial charge >= 0.3 is 0 Å². The normalized spacial score (nSPS) is 24.6. The Balaban J connectivity index is 2.02. The average Bonchev–Trinajstić information content (AvgIpc) is 3.04. The van der Waals surface area contributed by atoms with Crippen molar-refractivity contribution in [3.63, 3.8) is 0 Å². The Morgan fingerprint density at radius 1 is 0.652 bits per heavy atom. The molecule has 14 nitrogen and oxygen atoms in total. The summed E-state index contributed by atoms with van der Waals surface area (Å²) in [6.45, 7) is 1.33. The van der Waals surface area contributed by atoms with Crippen LogP contribution in [0.1, 0.15) is 31.4 Å². The molecular weight excluding hydrogens is 596 g/mol. The Morgan fingerprint density at radius 3 is 1.67 bits per heavy atom. The zero-order chi connectivity index (χ0) is 33.6. The van der Waals surface area contributed by atoms with Crippen molar-refractivity contribution in [1.82, 2.24) is 31.9 Å². The number of aliphatic hydroxyl groups is 2. The van der Waals surface area contributed by atoms with E-state index in [1.165, 1.54) is 6.92 Å². The molecule has 0 aromatic heterocycles. The minimum absolute atomic E-state index is 0.0290.